The largest absolute Gasteiger partial charge is 0.489 e. The molecule has 2 aromatic rings. The van der Waals surface area contributed by atoms with Crippen LogP contribution in [0.15, 0.2) is 47.5 Å². The van der Waals surface area contributed by atoms with E-state index in [1.165, 1.54) is 6.26 Å². The lowest BCUT2D eigenvalue weighted by Crippen LogP contribution is -2.43. The molecule has 180 valence electrons. The van der Waals surface area contributed by atoms with E-state index < -0.39 is 9.84 Å². The number of alkyl halides is 1. The predicted molar refractivity (Wildman–Crippen MR) is 137 cm³/mol. The van der Waals surface area contributed by atoms with E-state index in [4.69, 9.17) is 9.47 Å². The first-order valence-electron chi connectivity index (χ1n) is 11.2. The van der Waals surface area contributed by atoms with Gasteiger partial charge in [0.25, 0.3) is 0 Å². The summed E-state index contributed by atoms with van der Waals surface area (Å²) in [7, 11) is -3.22. The van der Waals surface area contributed by atoms with Crippen molar-refractivity contribution in [3.63, 3.8) is 0 Å². The van der Waals surface area contributed by atoms with Gasteiger partial charge in [-0.2, -0.15) is 0 Å². The van der Waals surface area contributed by atoms with Gasteiger partial charge in [0.05, 0.1) is 16.8 Å². The second kappa shape index (κ2) is 11.5. The van der Waals surface area contributed by atoms with Gasteiger partial charge in [0.15, 0.2) is 9.84 Å². The van der Waals surface area contributed by atoms with Crippen molar-refractivity contribution in [1.82, 2.24) is 9.88 Å². The second-order valence-electron chi connectivity index (χ2n) is 8.41. The Bertz CT molecular complexity index is 1020. The number of likely N-dealkylation sites (tertiary alicyclic amines) is 1. The fourth-order valence-corrected chi connectivity index (χ4v) is 4.72. The molecule has 0 aliphatic carbocycles. The zero-order chi connectivity index (χ0) is 24.0. The molecule has 9 heteroatoms. The predicted octanol–water partition coefficient (Wildman–Crippen LogP) is 4.98. The van der Waals surface area contributed by atoms with Crippen molar-refractivity contribution in [2.75, 3.05) is 23.8 Å². The number of hydrogen-bond acceptors (Lipinski definition) is 6. The van der Waals surface area contributed by atoms with Crippen LogP contribution in [0.25, 0.3) is 11.3 Å². The summed E-state index contributed by atoms with van der Waals surface area (Å²) in [4.78, 5) is 18.8. The van der Waals surface area contributed by atoms with Gasteiger partial charge in [0, 0.05) is 29.3 Å². The molecule has 7 nitrogen and oxygen atoms in total. The standard InChI is InChI=1S/C24H31IN2O5S/c1-4-23(19-11-13-27(14-12-19)24(28)31-17(2)15-25)32-20-7-10-22(26-16-20)18-5-8-21(9-6-18)33(3,29)30/h5-10,16-17,19,23H,4,11-15H2,1-3H3. The van der Waals surface area contributed by atoms with Crippen LogP contribution in [0.1, 0.15) is 33.1 Å². The second-order valence-corrected chi connectivity index (χ2v) is 11.3. The zero-order valence-corrected chi connectivity index (χ0v) is 22.2. The number of carbonyl (C=O) groups is 1. The average Bonchev–Trinajstić information content (AvgIpc) is 2.82. The lowest BCUT2D eigenvalue weighted by atomic mass is 9.90. The third-order valence-electron chi connectivity index (χ3n) is 5.85. The molecule has 1 aromatic heterocycles. The number of rotatable bonds is 8. The highest BCUT2D eigenvalue weighted by Gasteiger charge is 2.30. The van der Waals surface area contributed by atoms with Gasteiger partial charge in [0.1, 0.15) is 18.0 Å². The maximum absolute atomic E-state index is 12.3. The Hall–Kier alpha value is -1.88. The topological polar surface area (TPSA) is 85.8 Å². The van der Waals surface area contributed by atoms with Crippen molar-refractivity contribution < 1.29 is 22.7 Å². The molecule has 1 fully saturated rings. The Morgan fingerprint density at radius 3 is 2.36 bits per heavy atom. The van der Waals surface area contributed by atoms with Gasteiger partial charge in [-0.05, 0) is 56.4 Å². The summed E-state index contributed by atoms with van der Waals surface area (Å²) in [5, 5.41) is 0. The lowest BCUT2D eigenvalue weighted by molar-refractivity contribution is 0.0461. The quantitative estimate of drug-likeness (QED) is 0.321. The molecule has 1 aliphatic heterocycles. The number of aromatic nitrogens is 1. The SMILES string of the molecule is CCC(Oc1ccc(-c2ccc(S(C)(=O)=O)cc2)nc1)C1CCN(C(=O)OC(C)CI)CC1. The van der Waals surface area contributed by atoms with Crippen molar-refractivity contribution in [3.05, 3.63) is 42.6 Å². The van der Waals surface area contributed by atoms with Gasteiger partial charge in [-0.25, -0.2) is 13.2 Å². The molecule has 3 rings (SSSR count). The van der Waals surface area contributed by atoms with Crippen molar-refractivity contribution in [2.45, 2.75) is 50.2 Å². The number of nitrogens with zero attached hydrogens (tertiary/aromatic N) is 2. The van der Waals surface area contributed by atoms with Crippen LogP contribution in [0.3, 0.4) is 0 Å². The summed E-state index contributed by atoms with van der Waals surface area (Å²) in [5.41, 5.74) is 1.60. The van der Waals surface area contributed by atoms with Gasteiger partial charge in [-0.3, -0.25) is 4.98 Å². The number of pyridine rings is 1. The van der Waals surface area contributed by atoms with E-state index in [2.05, 4.69) is 34.5 Å². The Morgan fingerprint density at radius 2 is 1.85 bits per heavy atom. The van der Waals surface area contributed by atoms with Gasteiger partial charge < -0.3 is 14.4 Å². The summed E-state index contributed by atoms with van der Waals surface area (Å²) < 4.78 is 35.7. The van der Waals surface area contributed by atoms with Gasteiger partial charge in [-0.1, -0.05) is 41.6 Å². The van der Waals surface area contributed by atoms with Crippen molar-refractivity contribution in [1.29, 1.82) is 0 Å². The highest BCUT2D eigenvalue weighted by molar-refractivity contribution is 14.1. The van der Waals surface area contributed by atoms with E-state index in [1.807, 2.05) is 19.1 Å². The first-order valence-corrected chi connectivity index (χ1v) is 14.6. The highest BCUT2D eigenvalue weighted by Crippen LogP contribution is 2.28. The molecule has 0 spiro atoms. The van der Waals surface area contributed by atoms with Crippen LogP contribution >= 0.6 is 22.6 Å². The molecule has 0 radical (unpaired) electrons. The molecular weight excluding hydrogens is 555 g/mol. The molecule has 0 bridgehead atoms. The van der Waals surface area contributed by atoms with Crippen LogP contribution in [0, 0.1) is 5.92 Å². The molecule has 1 aliphatic rings. The van der Waals surface area contributed by atoms with Gasteiger partial charge >= 0.3 is 6.09 Å². The maximum atomic E-state index is 12.3. The van der Waals surface area contributed by atoms with E-state index in [-0.39, 0.29) is 23.2 Å². The summed E-state index contributed by atoms with van der Waals surface area (Å²) in [6, 6.07) is 10.5. The number of amides is 1. The monoisotopic (exact) mass is 586 g/mol. The fourth-order valence-electron chi connectivity index (χ4n) is 3.91. The highest BCUT2D eigenvalue weighted by atomic mass is 127. The third-order valence-corrected chi connectivity index (χ3v) is 8.22. The summed E-state index contributed by atoms with van der Waals surface area (Å²) >= 11 is 2.21. The Morgan fingerprint density at radius 1 is 1.18 bits per heavy atom. The minimum absolute atomic E-state index is 0.0538. The van der Waals surface area contributed by atoms with Crippen LogP contribution in [-0.2, 0) is 14.6 Å². The van der Waals surface area contributed by atoms with Crippen molar-refractivity contribution in [3.8, 4) is 17.0 Å². The molecule has 2 heterocycles. The number of hydrogen-bond donors (Lipinski definition) is 0. The normalized spacial score (nSPS) is 16.8. The van der Waals surface area contributed by atoms with E-state index >= 15 is 0 Å². The molecule has 33 heavy (non-hydrogen) atoms. The van der Waals surface area contributed by atoms with Crippen LogP contribution in [0.2, 0.25) is 0 Å². The number of carbonyl (C=O) groups excluding carboxylic acids is 1. The van der Waals surface area contributed by atoms with Gasteiger partial charge in [0.2, 0.25) is 0 Å². The van der Waals surface area contributed by atoms with E-state index in [0.717, 1.165) is 34.9 Å². The van der Waals surface area contributed by atoms with Crippen molar-refractivity contribution >= 4 is 38.5 Å². The van der Waals surface area contributed by atoms with E-state index in [0.29, 0.717) is 24.8 Å². The molecule has 0 N–H and O–H groups in total. The number of piperidine rings is 1. The Kier molecular flexibility index (Phi) is 8.97. The lowest BCUT2D eigenvalue weighted by Gasteiger charge is -2.35. The number of ether oxygens (including phenoxy) is 2. The van der Waals surface area contributed by atoms with E-state index in [1.54, 1.807) is 35.4 Å². The average molecular weight is 586 g/mol. The number of halogens is 1. The smallest absolute Gasteiger partial charge is 0.410 e. The molecule has 0 saturated carbocycles. The Labute approximate surface area is 209 Å². The summed E-state index contributed by atoms with van der Waals surface area (Å²) in [5.74, 6) is 1.07. The van der Waals surface area contributed by atoms with Crippen LogP contribution in [0.5, 0.6) is 5.75 Å². The summed E-state index contributed by atoms with van der Waals surface area (Å²) in [6.07, 6.45) is 5.29. The maximum Gasteiger partial charge on any atom is 0.410 e. The minimum atomic E-state index is -3.22. The van der Waals surface area contributed by atoms with Crippen molar-refractivity contribution in [2.24, 2.45) is 5.92 Å². The minimum Gasteiger partial charge on any atom is -0.489 e. The number of benzene rings is 1. The van der Waals surface area contributed by atoms with Gasteiger partial charge in [-0.15, -0.1) is 0 Å². The molecule has 1 aromatic carbocycles. The molecule has 2 unspecified atom stereocenters. The first-order chi connectivity index (χ1) is 15.7. The molecule has 1 saturated heterocycles. The number of sulfone groups is 1. The molecule has 1 amide bonds. The summed E-state index contributed by atoms with van der Waals surface area (Å²) in [6.45, 7) is 5.37. The van der Waals surface area contributed by atoms with Crippen LogP contribution in [0.4, 0.5) is 4.79 Å². The fraction of sp³-hybridized carbons (Fsp3) is 0.500. The zero-order valence-electron chi connectivity index (χ0n) is 19.2. The van der Waals surface area contributed by atoms with E-state index in [9.17, 15) is 13.2 Å². The van der Waals surface area contributed by atoms with Crippen LogP contribution < -0.4 is 4.74 Å². The Balaban J connectivity index is 1.57. The first kappa shape index (κ1) is 25.7. The molecule has 2 atom stereocenters. The van der Waals surface area contributed by atoms with Crippen LogP contribution in [-0.4, -0.2) is 60.4 Å². The third kappa shape index (κ3) is 7.05. The molecular formula is C24H31IN2O5S.